The van der Waals surface area contributed by atoms with E-state index in [0.717, 1.165) is 12.0 Å². The maximum atomic E-state index is 12.0. The number of aliphatic hydroxyl groups is 1. The highest BCUT2D eigenvalue weighted by atomic mass is 16.6. The first-order valence-electron chi connectivity index (χ1n) is 8.62. The molecular formula is C19H32N2O3. The Morgan fingerprint density at radius 1 is 1.21 bits per heavy atom. The lowest BCUT2D eigenvalue weighted by Gasteiger charge is -2.28. The molecule has 2 atom stereocenters. The molecule has 1 aromatic carbocycles. The van der Waals surface area contributed by atoms with Crippen LogP contribution in [-0.4, -0.2) is 35.6 Å². The Morgan fingerprint density at radius 2 is 1.83 bits per heavy atom. The van der Waals surface area contributed by atoms with Crippen LogP contribution in [0.4, 0.5) is 4.79 Å². The number of hydrogen-bond donors (Lipinski definition) is 3. The van der Waals surface area contributed by atoms with E-state index in [1.54, 1.807) is 0 Å². The average Bonchev–Trinajstić information content (AvgIpc) is 2.48. The number of hydrogen-bond acceptors (Lipinski definition) is 4. The molecule has 0 bridgehead atoms. The Labute approximate surface area is 145 Å². The van der Waals surface area contributed by atoms with Gasteiger partial charge < -0.3 is 15.2 Å². The second kappa shape index (κ2) is 9.64. The summed E-state index contributed by atoms with van der Waals surface area (Å²) in [6.07, 6.45) is -0.460. The lowest BCUT2D eigenvalue weighted by atomic mass is 10.0. The Balaban J connectivity index is 2.60. The monoisotopic (exact) mass is 336 g/mol. The third-order valence-electron chi connectivity index (χ3n) is 3.37. The van der Waals surface area contributed by atoms with Crippen LogP contribution in [0.5, 0.6) is 0 Å². The third kappa shape index (κ3) is 8.89. The number of aryl methyl sites for hydroxylation is 1. The first-order valence-corrected chi connectivity index (χ1v) is 8.62. The minimum Gasteiger partial charge on any atom is -0.444 e. The van der Waals surface area contributed by atoms with Gasteiger partial charge in [0.1, 0.15) is 11.8 Å². The van der Waals surface area contributed by atoms with Gasteiger partial charge >= 0.3 is 6.09 Å². The van der Waals surface area contributed by atoms with Gasteiger partial charge in [-0.2, -0.15) is 0 Å². The predicted molar refractivity (Wildman–Crippen MR) is 96.8 cm³/mol. The lowest BCUT2D eigenvalue weighted by Crippen LogP contribution is -2.54. The first kappa shape index (κ1) is 20.5. The molecule has 1 unspecified atom stereocenters. The van der Waals surface area contributed by atoms with Crippen molar-refractivity contribution in [1.29, 1.82) is 0 Å². The lowest BCUT2D eigenvalue weighted by molar-refractivity contribution is 0.0374. The van der Waals surface area contributed by atoms with Crippen molar-refractivity contribution in [2.24, 2.45) is 5.92 Å². The fourth-order valence-corrected chi connectivity index (χ4v) is 2.21. The summed E-state index contributed by atoms with van der Waals surface area (Å²) >= 11 is 0. The van der Waals surface area contributed by atoms with Gasteiger partial charge in [-0.05, 0) is 51.6 Å². The smallest absolute Gasteiger partial charge is 0.408 e. The molecule has 0 heterocycles. The molecule has 3 N–H and O–H groups in total. The number of nitrogens with one attached hydrogen (secondary N) is 2. The average molecular weight is 336 g/mol. The van der Waals surface area contributed by atoms with Crippen LogP contribution < -0.4 is 10.6 Å². The van der Waals surface area contributed by atoms with Gasteiger partial charge in [0.25, 0.3) is 0 Å². The molecule has 0 radical (unpaired) electrons. The van der Waals surface area contributed by atoms with Gasteiger partial charge in [0.05, 0.1) is 6.10 Å². The van der Waals surface area contributed by atoms with Crippen LogP contribution in [0.1, 0.15) is 46.6 Å². The van der Waals surface area contributed by atoms with E-state index in [0.29, 0.717) is 18.9 Å². The van der Waals surface area contributed by atoms with Crippen molar-refractivity contribution in [1.82, 2.24) is 10.6 Å². The summed E-state index contributed by atoms with van der Waals surface area (Å²) in [5, 5.41) is 16.5. The van der Waals surface area contributed by atoms with Crippen molar-refractivity contribution in [2.45, 2.75) is 65.3 Å². The molecule has 1 rings (SSSR count). The van der Waals surface area contributed by atoms with Crippen molar-refractivity contribution in [3.63, 3.8) is 0 Å². The number of rotatable bonds is 8. The van der Waals surface area contributed by atoms with Gasteiger partial charge in [-0.3, -0.25) is 5.32 Å². The second-order valence-electron chi connectivity index (χ2n) is 7.52. The van der Waals surface area contributed by atoms with E-state index in [9.17, 15) is 9.90 Å². The maximum absolute atomic E-state index is 12.0. The molecule has 5 heteroatoms. The number of carbonyl (C=O) groups excluding carboxylic acids is 1. The summed E-state index contributed by atoms with van der Waals surface area (Å²) in [5.41, 5.74) is 0.596. The number of carbonyl (C=O) groups is 1. The number of alkyl carbamates (subject to hydrolysis) is 1. The molecule has 0 spiro atoms. The molecule has 0 aliphatic rings. The normalized spacial score (nSPS) is 14.3. The Kier molecular flexibility index (Phi) is 8.22. The van der Waals surface area contributed by atoms with Crippen LogP contribution in [-0.2, 0) is 11.2 Å². The zero-order chi connectivity index (χ0) is 18.2. The topological polar surface area (TPSA) is 70.6 Å². The van der Waals surface area contributed by atoms with Crippen molar-refractivity contribution < 1.29 is 14.6 Å². The molecule has 0 fully saturated rings. The molecule has 136 valence electrons. The number of amides is 1. The highest BCUT2D eigenvalue weighted by Gasteiger charge is 2.24. The van der Waals surface area contributed by atoms with Gasteiger partial charge in [0.15, 0.2) is 0 Å². The molecule has 0 aliphatic heterocycles. The predicted octanol–water partition coefficient (Wildman–Crippen LogP) is 3.08. The summed E-state index contributed by atoms with van der Waals surface area (Å²) in [7, 11) is 0. The van der Waals surface area contributed by atoms with Gasteiger partial charge in [0, 0.05) is 0 Å². The number of ether oxygens (including phenoxy) is 1. The summed E-state index contributed by atoms with van der Waals surface area (Å²) in [4.78, 5) is 12.0. The standard InChI is InChI=1S/C19H32N2O3/c1-14(2)13-20-17(21-18(23)24-19(3,4)5)16(22)12-11-15-9-7-6-8-10-15/h6-10,14,16-17,20,22H,11-13H2,1-5H3,(H,21,23)/t16-,17?/m1/s1. The zero-order valence-corrected chi connectivity index (χ0v) is 15.5. The largest absolute Gasteiger partial charge is 0.444 e. The van der Waals surface area contributed by atoms with E-state index in [4.69, 9.17) is 4.74 Å². The summed E-state index contributed by atoms with van der Waals surface area (Å²) in [6.45, 7) is 10.3. The molecule has 0 saturated carbocycles. The minimum atomic E-state index is -0.698. The molecule has 1 aromatic rings. The van der Waals surface area contributed by atoms with E-state index in [1.165, 1.54) is 0 Å². The van der Waals surface area contributed by atoms with Crippen LogP contribution in [0.2, 0.25) is 0 Å². The minimum absolute atomic E-state index is 0.411. The van der Waals surface area contributed by atoms with Crippen LogP contribution in [0.3, 0.4) is 0 Å². The molecule has 5 nitrogen and oxygen atoms in total. The van der Waals surface area contributed by atoms with E-state index in [1.807, 2.05) is 51.1 Å². The van der Waals surface area contributed by atoms with Crippen molar-refractivity contribution >= 4 is 6.09 Å². The Hall–Kier alpha value is -1.59. The van der Waals surface area contributed by atoms with E-state index in [-0.39, 0.29) is 0 Å². The third-order valence-corrected chi connectivity index (χ3v) is 3.37. The molecule has 0 aromatic heterocycles. The van der Waals surface area contributed by atoms with E-state index in [2.05, 4.69) is 24.5 Å². The molecule has 1 amide bonds. The number of aliphatic hydroxyl groups excluding tert-OH is 1. The van der Waals surface area contributed by atoms with Crippen molar-refractivity contribution in [2.75, 3.05) is 6.54 Å². The van der Waals surface area contributed by atoms with Crippen LogP contribution in [0.25, 0.3) is 0 Å². The fourth-order valence-electron chi connectivity index (χ4n) is 2.21. The zero-order valence-electron chi connectivity index (χ0n) is 15.5. The quantitative estimate of drug-likeness (QED) is 0.638. The Bertz CT molecular complexity index is 483. The van der Waals surface area contributed by atoms with Gasteiger partial charge in [-0.15, -0.1) is 0 Å². The second-order valence-corrected chi connectivity index (χ2v) is 7.52. The molecule has 24 heavy (non-hydrogen) atoms. The van der Waals surface area contributed by atoms with Gasteiger partial charge in [-0.1, -0.05) is 44.2 Å². The van der Waals surface area contributed by atoms with Gasteiger partial charge in [0.2, 0.25) is 0 Å². The fraction of sp³-hybridized carbons (Fsp3) is 0.632. The highest BCUT2D eigenvalue weighted by Crippen LogP contribution is 2.10. The summed E-state index contributed by atoms with van der Waals surface area (Å²) in [6, 6.07) is 10.00. The molecular weight excluding hydrogens is 304 g/mol. The number of benzene rings is 1. The van der Waals surface area contributed by atoms with Crippen LogP contribution >= 0.6 is 0 Å². The van der Waals surface area contributed by atoms with Gasteiger partial charge in [-0.25, -0.2) is 4.79 Å². The van der Waals surface area contributed by atoms with E-state index >= 15 is 0 Å². The maximum Gasteiger partial charge on any atom is 0.408 e. The van der Waals surface area contributed by atoms with E-state index < -0.39 is 24.0 Å². The van der Waals surface area contributed by atoms with Crippen molar-refractivity contribution in [3.05, 3.63) is 35.9 Å². The summed E-state index contributed by atoms with van der Waals surface area (Å²) < 4.78 is 5.29. The first-order chi connectivity index (χ1) is 11.2. The SMILES string of the molecule is CC(C)CNC(NC(=O)OC(C)(C)C)[C@H](O)CCc1ccccc1. The molecule has 0 saturated heterocycles. The Morgan fingerprint density at radius 3 is 2.38 bits per heavy atom. The van der Waals surface area contributed by atoms with Crippen LogP contribution in [0, 0.1) is 5.92 Å². The molecule has 0 aliphatic carbocycles. The highest BCUT2D eigenvalue weighted by molar-refractivity contribution is 5.68. The summed E-state index contributed by atoms with van der Waals surface area (Å²) in [5.74, 6) is 0.411. The van der Waals surface area contributed by atoms with Crippen LogP contribution in [0.15, 0.2) is 30.3 Å². The van der Waals surface area contributed by atoms with Crippen molar-refractivity contribution in [3.8, 4) is 0 Å².